The van der Waals surface area contributed by atoms with E-state index >= 15 is 0 Å². The molecule has 0 saturated heterocycles. The second kappa shape index (κ2) is 9.38. The number of rotatable bonds is 10. The largest absolute Gasteiger partial charge is 0.436 e. The summed E-state index contributed by atoms with van der Waals surface area (Å²) in [6.45, 7) is 7.44. The Kier molecular flexibility index (Phi) is 9.02. The fourth-order valence-electron chi connectivity index (χ4n) is 1.38. The van der Waals surface area contributed by atoms with Crippen LogP contribution in [0.3, 0.4) is 0 Å². The molecule has 0 fully saturated rings. The van der Waals surface area contributed by atoms with Gasteiger partial charge in [0, 0.05) is 13.2 Å². The third kappa shape index (κ3) is 8.12. The van der Waals surface area contributed by atoms with Crippen molar-refractivity contribution in [1.29, 1.82) is 0 Å². The molecule has 4 nitrogen and oxygen atoms in total. The van der Waals surface area contributed by atoms with Gasteiger partial charge in [-0.1, -0.05) is 39.2 Å². The molecule has 0 heterocycles. The molecule has 0 N–H and O–H groups in total. The van der Waals surface area contributed by atoms with Crippen molar-refractivity contribution >= 4 is 14.5 Å². The third-order valence-electron chi connectivity index (χ3n) is 2.65. The molecule has 0 aliphatic carbocycles. The fraction of sp³-hybridized carbons (Fsp3) is 0.750. The molecule has 0 aliphatic rings. The van der Waals surface area contributed by atoms with Crippen molar-refractivity contribution in [2.45, 2.75) is 45.2 Å². The maximum Gasteiger partial charge on any atom is 0.337 e. The summed E-state index contributed by atoms with van der Waals surface area (Å²) in [5.74, 6) is -0.469. The Hall–Kier alpha value is -0.653. The minimum absolute atomic E-state index is 0.0464. The molecule has 0 aliphatic heterocycles. The maximum atomic E-state index is 10.8. The minimum Gasteiger partial charge on any atom is -0.436 e. The van der Waals surface area contributed by atoms with E-state index in [1.165, 1.54) is 19.3 Å². The molecule has 0 radical (unpaired) electrons. The highest BCUT2D eigenvalue weighted by molar-refractivity contribution is 6.65. The van der Waals surface area contributed by atoms with Crippen molar-refractivity contribution in [3.05, 3.63) is 12.7 Å². The van der Waals surface area contributed by atoms with Gasteiger partial charge in [-0.2, -0.15) is 0 Å². The molecule has 17 heavy (non-hydrogen) atoms. The molecule has 0 saturated carbocycles. The normalized spacial score (nSPS) is 14.1. The summed E-state index contributed by atoms with van der Waals surface area (Å²) in [6.07, 6.45) is 5.86. The van der Waals surface area contributed by atoms with Crippen LogP contribution in [0.5, 0.6) is 0 Å². The first-order chi connectivity index (χ1) is 8.08. The summed E-state index contributed by atoms with van der Waals surface area (Å²) in [4.78, 5) is 10.8. The van der Waals surface area contributed by atoms with Gasteiger partial charge < -0.3 is 13.6 Å². The average molecular weight is 260 g/mol. The minimum atomic E-state index is -2.16. The van der Waals surface area contributed by atoms with Gasteiger partial charge >= 0.3 is 14.5 Å². The topological polar surface area (TPSA) is 44.8 Å². The van der Waals surface area contributed by atoms with Crippen molar-refractivity contribution in [2.24, 2.45) is 0 Å². The number of hydrogen-bond acceptors (Lipinski definition) is 4. The molecule has 0 spiro atoms. The van der Waals surface area contributed by atoms with E-state index in [9.17, 15) is 4.79 Å². The average Bonchev–Trinajstić information content (AvgIpc) is 2.34. The van der Waals surface area contributed by atoms with Crippen molar-refractivity contribution in [3.8, 4) is 0 Å². The summed E-state index contributed by atoms with van der Waals surface area (Å²) in [6, 6.07) is 0.926. The highest BCUT2D eigenvalue weighted by Crippen LogP contribution is 2.17. The molecule has 1 atom stereocenters. The van der Waals surface area contributed by atoms with Gasteiger partial charge in [-0.3, -0.25) is 0 Å². The molecule has 0 aromatic heterocycles. The Labute approximate surface area is 105 Å². The second-order valence-electron chi connectivity index (χ2n) is 4.08. The molecular formula is C12H24O4Si. The van der Waals surface area contributed by atoms with Gasteiger partial charge in [0.25, 0.3) is 0 Å². The summed E-state index contributed by atoms with van der Waals surface area (Å²) in [5, 5.41) is 0. The van der Waals surface area contributed by atoms with Crippen LogP contribution in [0.25, 0.3) is 0 Å². The van der Waals surface area contributed by atoms with Crippen LogP contribution in [0.1, 0.15) is 32.6 Å². The van der Waals surface area contributed by atoms with Crippen molar-refractivity contribution in [1.82, 2.24) is 0 Å². The molecule has 100 valence electrons. The van der Waals surface area contributed by atoms with E-state index in [2.05, 4.69) is 13.5 Å². The quantitative estimate of drug-likeness (QED) is 0.199. The Morgan fingerprint density at radius 2 is 2.06 bits per heavy atom. The standard InChI is InChI=1S/C12H24O4Si/c1-5-7-8-9-10-17(4,14-3)16-11-15-12(13)6-2/h6H,2,5,7-11H2,1,3-4H3. The fourth-order valence-corrected chi connectivity index (χ4v) is 3.04. The van der Waals surface area contributed by atoms with Crippen molar-refractivity contribution in [2.75, 3.05) is 13.9 Å². The van der Waals surface area contributed by atoms with Crippen molar-refractivity contribution < 1.29 is 18.4 Å². The summed E-state index contributed by atoms with van der Waals surface area (Å²) < 4.78 is 15.8. The molecule has 5 heteroatoms. The summed E-state index contributed by atoms with van der Waals surface area (Å²) in [5.41, 5.74) is 0. The molecule has 0 rings (SSSR count). The lowest BCUT2D eigenvalue weighted by Gasteiger charge is -2.24. The van der Waals surface area contributed by atoms with Crippen LogP contribution in [-0.2, 0) is 18.4 Å². The molecule has 0 aromatic carbocycles. The predicted octanol–water partition coefficient (Wildman–Crippen LogP) is 2.99. The number of unbranched alkanes of at least 4 members (excludes halogenated alkanes) is 3. The van der Waals surface area contributed by atoms with Crippen LogP contribution in [0.4, 0.5) is 0 Å². The third-order valence-corrected chi connectivity index (χ3v) is 5.50. The van der Waals surface area contributed by atoms with Gasteiger partial charge in [0.2, 0.25) is 0 Å². The van der Waals surface area contributed by atoms with Gasteiger partial charge in [0.1, 0.15) is 0 Å². The van der Waals surface area contributed by atoms with Gasteiger partial charge in [-0.25, -0.2) is 4.79 Å². The van der Waals surface area contributed by atoms with E-state index in [4.69, 9.17) is 13.6 Å². The zero-order chi connectivity index (χ0) is 13.1. The Morgan fingerprint density at radius 3 is 2.59 bits per heavy atom. The van der Waals surface area contributed by atoms with E-state index in [0.717, 1.165) is 18.5 Å². The number of carbonyl (C=O) groups excluding carboxylic acids is 1. The molecule has 0 bridgehead atoms. The summed E-state index contributed by atoms with van der Waals surface area (Å²) in [7, 11) is -0.510. The molecule has 0 amide bonds. The SMILES string of the molecule is C=CC(=O)OCO[Si](C)(CCCCCC)OC. The monoisotopic (exact) mass is 260 g/mol. The first-order valence-electron chi connectivity index (χ1n) is 6.06. The van der Waals surface area contributed by atoms with E-state index in [1.807, 2.05) is 6.55 Å². The zero-order valence-electron chi connectivity index (χ0n) is 11.2. The van der Waals surface area contributed by atoms with Crippen LogP contribution >= 0.6 is 0 Å². The van der Waals surface area contributed by atoms with Crippen LogP contribution in [0.2, 0.25) is 12.6 Å². The Morgan fingerprint density at radius 1 is 1.35 bits per heavy atom. The summed E-state index contributed by atoms with van der Waals surface area (Å²) >= 11 is 0. The first-order valence-corrected chi connectivity index (χ1v) is 8.58. The van der Waals surface area contributed by atoms with Gasteiger partial charge in [0.05, 0.1) is 0 Å². The van der Waals surface area contributed by atoms with Gasteiger partial charge in [-0.05, 0) is 12.6 Å². The lowest BCUT2D eigenvalue weighted by atomic mass is 10.2. The Bertz CT molecular complexity index is 233. The van der Waals surface area contributed by atoms with E-state index < -0.39 is 14.5 Å². The lowest BCUT2D eigenvalue weighted by Crippen LogP contribution is -2.38. The van der Waals surface area contributed by atoms with Crippen LogP contribution < -0.4 is 0 Å². The highest BCUT2D eigenvalue weighted by Gasteiger charge is 2.29. The van der Waals surface area contributed by atoms with E-state index in [-0.39, 0.29) is 6.79 Å². The number of carbonyl (C=O) groups is 1. The Balaban J connectivity index is 3.83. The van der Waals surface area contributed by atoms with E-state index in [1.54, 1.807) is 7.11 Å². The molecule has 0 aromatic rings. The second-order valence-corrected chi connectivity index (χ2v) is 7.54. The van der Waals surface area contributed by atoms with Gasteiger partial charge in [-0.15, -0.1) is 0 Å². The van der Waals surface area contributed by atoms with E-state index in [0.29, 0.717) is 0 Å². The predicted molar refractivity (Wildman–Crippen MR) is 69.8 cm³/mol. The molecular weight excluding hydrogens is 236 g/mol. The van der Waals surface area contributed by atoms with Crippen LogP contribution in [-0.4, -0.2) is 28.4 Å². The number of esters is 1. The van der Waals surface area contributed by atoms with Crippen LogP contribution in [0, 0.1) is 0 Å². The highest BCUT2D eigenvalue weighted by atomic mass is 28.4. The number of ether oxygens (including phenoxy) is 1. The lowest BCUT2D eigenvalue weighted by molar-refractivity contribution is -0.145. The molecule has 1 unspecified atom stereocenters. The number of hydrogen-bond donors (Lipinski definition) is 0. The van der Waals surface area contributed by atoms with Crippen molar-refractivity contribution in [3.63, 3.8) is 0 Å². The first kappa shape index (κ1) is 16.3. The zero-order valence-corrected chi connectivity index (χ0v) is 12.2. The van der Waals surface area contributed by atoms with Gasteiger partial charge in [0.15, 0.2) is 6.79 Å². The maximum absolute atomic E-state index is 10.8. The smallest absolute Gasteiger partial charge is 0.337 e. The van der Waals surface area contributed by atoms with Crippen LogP contribution in [0.15, 0.2) is 12.7 Å².